The zero-order chi connectivity index (χ0) is 30.7. The molecule has 2 aromatic carbocycles. The smallest absolute Gasteiger partial charge is 0.409 e. The van der Waals surface area contributed by atoms with E-state index in [0.29, 0.717) is 64.3 Å². The summed E-state index contributed by atoms with van der Waals surface area (Å²) in [7, 11) is 1.33. The molecule has 0 radical (unpaired) electrons. The van der Waals surface area contributed by atoms with Crippen LogP contribution >= 0.6 is 22.9 Å². The highest BCUT2D eigenvalue weighted by molar-refractivity contribution is 7.16. The first-order chi connectivity index (χ1) is 20.7. The number of carbonyl (C=O) groups excluding carboxylic acids is 3. The highest BCUT2D eigenvalue weighted by atomic mass is 35.5. The number of thiophene rings is 1. The van der Waals surface area contributed by atoms with Gasteiger partial charge in [-0.3, -0.25) is 9.36 Å². The van der Waals surface area contributed by atoms with Crippen LogP contribution in [0.15, 0.2) is 54.9 Å². The SMILES string of the molecule is COC(=O)c1sc(-n2cnc3ccc(C(=O)C4CCN(C(=O)OCC(C)C)CC4)cc32)cc1O[C@H](C)c1ccccc1Cl. The summed E-state index contributed by atoms with van der Waals surface area (Å²) in [6.45, 7) is 7.19. The van der Waals surface area contributed by atoms with Gasteiger partial charge in [0.2, 0.25) is 0 Å². The third kappa shape index (κ3) is 6.70. The van der Waals surface area contributed by atoms with Crippen LogP contribution in [-0.2, 0) is 9.47 Å². The number of ketones is 1. The number of amides is 1. The number of benzene rings is 2. The summed E-state index contributed by atoms with van der Waals surface area (Å²) in [6.07, 6.45) is 2.06. The average Bonchev–Trinajstić information content (AvgIpc) is 3.63. The van der Waals surface area contributed by atoms with Crippen LogP contribution in [0.25, 0.3) is 16.0 Å². The van der Waals surface area contributed by atoms with E-state index in [1.54, 1.807) is 29.4 Å². The molecule has 0 aliphatic carbocycles. The number of methoxy groups -OCH3 is 1. The van der Waals surface area contributed by atoms with E-state index in [1.807, 2.05) is 55.7 Å². The number of Topliss-reactive ketones (excluding diaryl/α,β-unsaturated/α-hetero) is 1. The molecule has 0 bridgehead atoms. The number of aromatic nitrogens is 2. The number of imidazole rings is 1. The molecule has 226 valence electrons. The topological polar surface area (TPSA) is 100.0 Å². The van der Waals surface area contributed by atoms with Crippen LogP contribution in [0.2, 0.25) is 5.02 Å². The number of halogens is 1. The molecule has 11 heteroatoms. The predicted molar refractivity (Wildman–Crippen MR) is 166 cm³/mol. The van der Waals surface area contributed by atoms with E-state index in [2.05, 4.69) is 4.98 Å². The van der Waals surface area contributed by atoms with E-state index in [4.69, 9.17) is 25.8 Å². The number of piperidine rings is 1. The lowest BCUT2D eigenvalue weighted by atomic mass is 9.89. The van der Waals surface area contributed by atoms with Crippen molar-refractivity contribution in [1.29, 1.82) is 0 Å². The second kappa shape index (κ2) is 13.2. The molecule has 5 rings (SSSR count). The van der Waals surface area contributed by atoms with Crippen molar-refractivity contribution >= 4 is 51.8 Å². The first-order valence-electron chi connectivity index (χ1n) is 14.2. The highest BCUT2D eigenvalue weighted by Gasteiger charge is 2.29. The monoisotopic (exact) mass is 623 g/mol. The number of hydrogen-bond donors (Lipinski definition) is 0. The fraction of sp³-hybridized carbons (Fsp3) is 0.375. The summed E-state index contributed by atoms with van der Waals surface area (Å²) in [5.41, 5.74) is 2.80. The van der Waals surface area contributed by atoms with Crippen LogP contribution in [0.5, 0.6) is 5.75 Å². The lowest BCUT2D eigenvalue weighted by Gasteiger charge is -2.30. The molecule has 2 aromatic heterocycles. The quantitative estimate of drug-likeness (QED) is 0.142. The zero-order valence-corrected chi connectivity index (χ0v) is 26.1. The minimum Gasteiger partial charge on any atom is -0.484 e. The Morgan fingerprint density at radius 1 is 1.07 bits per heavy atom. The summed E-state index contributed by atoms with van der Waals surface area (Å²) >= 11 is 7.59. The van der Waals surface area contributed by atoms with E-state index in [0.717, 1.165) is 11.1 Å². The van der Waals surface area contributed by atoms with Crippen LogP contribution in [0, 0.1) is 11.8 Å². The van der Waals surface area contributed by atoms with Gasteiger partial charge >= 0.3 is 12.1 Å². The Bertz CT molecular complexity index is 1640. The molecule has 1 saturated heterocycles. The van der Waals surface area contributed by atoms with E-state index in [9.17, 15) is 14.4 Å². The van der Waals surface area contributed by atoms with Crippen molar-refractivity contribution in [1.82, 2.24) is 14.5 Å². The third-order valence-corrected chi connectivity index (χ3v) is 8.88. The Hall–Kier alpha value is -3.89. The van der Waals surface area contributed by atoms with Crippen molar-refractivity contribution in [3.8, 4) is 10.8 Å². The van der Waals surface area contributed by atoms with Gasteiger partial charge in [-0.15, -0.1) is 11.3 Å². The van der Waals surface area contributed by atoms with Gasteiger partial charge in [-0.1, -0.05) is 43.6 Å². The van der Waals surface area contributed by atoms with E-state index < -0.39 is 12.1 Å². The van der Waals surface area contributed by atoms with Crippen molar-refractivity contribution in [2.75, 3.05) is 26.8 Å². The molecule has 0 saturated carbocycles. The zero-order valence-electron chi connectivity index (χ0n) is 24.5. The molecular weight excluding hydrogens is 590 g/mol. The fourth-order valence-corrected chi connectivity index (χ4v) is 6.37. The van der Waals surface area contributed by atoms with Crippen LogP contribution in [0.3, 0.4) is 0 Å². The van der Waals surface area contributed by atoms with Gasteiger partial charge in [-0.2, -0.15) is 0 Å². The predicted octanol–water partition coefficient (Wildman–Crippen LogP) is 7.35. The molecule has 1 fully saturated rings. The maximum Gasteiger partial charge on any atom is 0.409 e. The van der Waals surface area contributed by atoms with Crippen LogP contribution in [0.1, 0.15) is 65.3 Å². The molecule has 1 atom stereocenters. The number of fused-ring (bicyclic) bond motifs is 1. The molecule has 9 nitrogen and oxygen atoms in total. The van der Waals surface area contributed by atoms with Crippen molar-refractivity contribution in [3.05, 3.63) is 75.9 Å². The largest absolute Gasteiger partial charge is 0.484 e. The number of rotatable bonds is 9. The molecule has 0 unspecified atom stereocenters. The molecule has 0 N–H and O–H groups in total. The van der Waals surface area contributed by atoms with Crippen LogP contribution < -0.4 is 4.74 Å². The van der Waals surface area contributed by atoms with Crippen molar-refractivity contribution in [3.63, 3.8) is 0 Å². The molecular formula is C32H34ClN3O6S. The second-order valence-corrected chi connectivity index (χ2v) is 12.4. The van der Waals surface area contributed by atoms with Crippen molar-refractivity contribution < 1.29 is 28.6 Å². The normalized spacial score (nSPS) is 14.6. The average molecular weight is 624 g/mol. The summed E-state index contributed by atoms with van der Waals surface area (Å²) in [5, 5.41) is 1.25. The maximum absolute atomic E-state index is 13.5. The van der Waals surface area contributed by atoms with Gasteiger partial charge in [0, 0.05) is 41.2 Å². The van der Waals surface area contributed by atoms with E-state index in [1.165, 1.54) is 18.4 Å². The number of carbonyl (C=O) groups is 3. The van der Waals surface area contributed by atoms with Gasteiger partial charge in [-0.05, 0) is 49.9 Å². The van der Waals surface area contributed by atoms with Gasteiger partial charge in [0.05, 0.1) is 24.8 Å². The Balaban J connectivity index is 1.37. The number of hydrogen-bond acceptors (Lipinski definition) is 8. The van der Waals surface area contributed by atoms with Gasteiger partial charge in [-0.25, -0.2) is 14.6 Å². The summed E-state index contributed by atoms with van der Waals surface area (Å²) < 4.78 is 18.4. The lowest BCUT2D eigenvalue weighted by molar-refractivity contribution is 0.0599. The molecule has 3 heterocycles. The Labute approximate surface area is 259 Å². The minimum absolute atomic E-state index is 0.0314. The first kappa shape index (κ1) is 30.6. The van der Waals surface area contributed by atoms with Gasteiger partial charge in [0.15, 0.2) is 10.7 Å². The van der Waals surface area contributed by atoms with Crippen LogP contribution in [-0.4, -0.2) is 59.1 Å². The fourth-order valence-electron chi connectivity index (χ4n) is 5.09. The summed E-state index contributed by atoms with van der Waals surface area (Å²) in [6, 6.07) is 14.6. The number of likely N-dealkylation sites (tertiary alicyclic amines) is 1. The Kier molecular flexibility index (Phi) is 9.37. The Morgan fingerprint density at radius 3 is 2.51 bits per heavy atom. The molecule has 0 spiro atoms. The minimum atomic E-state index is -0.516. The van der Waals surface area contributed by atoms with Crippen molar-refractivity contribution in [2.24, 2.45) is 11.8 Å². The Morgan fingerprint density at radius 2 is 1.81 bits per heavy atom. The highest BCUT2D eigenvalue weighted by Crippen LogP contribution is 2.38. The van der Waals surface area contributed by atoms with Gasteiger partial charge in [0.25, 0.3) is 0 Å². The van der Waals surface area contributed by atoms with E-state index in [-0.39, 0.29) is 23.7 Å². The third-order valence-electron chi connectivity index (χ3n) is 7.44. The van der Waals surface area contributed by atoms with Crippen LogP contribution in [0.4, 0.5) is 4.79 Å². The van der Waals surface area contributed by atoms with E-state index >= 15 is 0 Å². The summed E-state index contributed by atoms with van der Waals surface area (Å²) in [4.78, 5) is 45.1. The number of ether oxygens (including phenoxy) is 3. The first-order valence-corrected chi connectivity index (χ1v) is 15.4. The molecule has 4 aromatic rings. The maximum atomic E-state index is 13.5. The number of nitrogens with zero attached hydrogens (tertiary/aromatic N) is 3. The summed E-state index contributed by atoms with van der Waals surface area (Å²) in [5.74, 6) is -0.0427. The lowest BCUT2D eigenvalue weighted by Crippen LogP contribution is -2.40. The van der Waals surface area contributed by atoms with Gasteiger partial charge in [0.1, 0.15) is 23.2 Å². The van der Waals surface area contributed by atoms with Crippen molar-refractivity contribution in [2.45, 2.75) is 39.7 Å². The molecule has 1 amide bonds. The second-order valence-electron chi connectivity index (χ2n) is 11.0. The standard InChI is InChI=1S/C32H34ClN3O6S/c1-19(2)17-41-32(39)35-13-11-21(12-14-35)29(37)22-9-10-25-26(15-22)36(18-34-25)28-16-27(30(43-28)31(38)40-4)42-20(3)23-7-5-6-8-24(23)33/h5-10,15-16,18-21H,11-14,17H2,1-4H3/t20-/m1/s1. The molecule has 43 heavy (non-hydrogen) atoms. The molecule has 1 aliphatic heterocycles. The number of esters is 1. The molecule has 1 aliphatic rings. The van der Waals surface area contributed by atoms with Gasteiger partial charge < -0.3 is 19.1 Å².